The average molecular weight is 303 g/mol. The van der Waals surface area contributed by atoms with Gasteiger partial charge in [0.1, 0.15) is 4.58 Å². The van der Waals surface area contributed by atoms with Gasteiger partial charge in [-0.15, -0.1) is 23.5 Å². The first-order valence-corrected chi connectivity index (χ1v) is 8.06. The van der Waals surface area contributed by atoms with Crippen LogP contribution in [0.1, 0.15) is 11.1 Å². The van der Waals surface area contributed by atoms with Crippen LogP contribution >= 0.6 is 23.5 Å². The number of amides is 1. The van der Waals surface area contributed by atoms with Crippen LogP contribution in [0.3, 0.4) is 0 Å². The number of carbonyl (C=O) groups is 1. The molecule has 0 heterocycles. The lowest BCUT2D eigenvalue weighted by Gasteiger charge is -2.13. The van der Waals surface area contributed by atoms with E-state index in [4.69, 9.17) is 5.73 Å². The fraction of sp³-hybridized carbons (Fsp3) is 0.188. The van der Waals surface area contributed by atoms with Crippen LogP contribution in [0.4, 0.5) is 0 Å². The van der Waals surface area contributed by atoms with Gasteiger partial charge in [-0.1, -0.05) is 35.4 Å². The normalized spacial score (nSPS) is 10.8. The molecule has 0 saturated carbocycles. The van der Waals surface area contributed by atoms with Crippen molar-refractivity contribution in [1.29, 1.82) is 0 Å². The van der Waals surface area contributed by atoms with Crippen molar-refractivity contribution < 1.29 is 4.79 Å². The molecule has 0 atom stereocenters. The SMILES string of the molecule is Cc1ccc(SC(Sc2ccc(C)cc2)C(N)=O)cc1. The third kappa shape index (κ3) is 4.32. The molecule has 2 N–H and O–H groups in total. The van der Waals surface area contributed by atoms with Crippen molar-refractivity contribution in [3.63, 3.8) is 0 Å². The number of aryl methyl sites for hydroxylation is 2. The maximum Gasteiger partial charge on any atom is 0.241 e. The number of primary amides is 1. The summed E-state index contributed by atoms with van der Waals surface area (Å²) in [6.07, 6.45) is 0. The zero-order chi connectivity index (χ0) is 14.5. The fourth-order valence-corrected chi connectivity index (χ4v) is 3.79. The molecule has 0 bridgehead atoms. The lowest BCUT2D eigenvalue weighted by Crippen LogP contribution is -2.22. The van der Waals surface area contributed by atoms with Gasteiger partial charge in [-0.25, -0.2) is 0 Å². The van der Waals surface area contributed by atoms with Gasteiger partial charge < -0.3 is 5.73 Å². The molecule has 2 nitrogen and oxygen atoms in total. The van der Waals surface area contributed by atoms with Crippen LogP contribution in [0.2, 0.25) is 0 Å². The van der Waals surface area contributed by atoms with E-state index in [0.29, 0.717) is 0 Å². The molecule has 0 aliphatic heterocycles. The van der Waals surface area contributed by atoms with Crippen LogP contribution in [-0.4, -0.2) is 10.5 Å². The number of benzene rings is 2. The standard InChI is InChI=1S/C16H17NOS2/c1-11-3-7-13(8-4-11)19-16(15(17)18)20-14-9-5-12(2)6-10-14/h3-10,16H,1-2H3,(H2,17,18). The number of carbonyl (C=O) groups excluding carboxylic acids is 1. The number of hydrogen-bond acceptors (Lipinski definition) is 3. The van der Waals surface area contributed by atoms with Crippen molar-refractivity contribution in [3.05, 3.63) is 59.7 Å². The van der Waals surface area contributed by atoms with E-state index in [0.717, 1.165) is 9.79 Å². The molecule has 2 rings (SSSR count). The third-order valence-electron chi connectivity index (χ3n) is 2.76. The quantitative estimate of drug-likeness (QED) is 0.670. The number of rotatable bonds is 5. The van der Waals surface area contributed by atoms with E-state index < -0.39 is 0 Å². The van der Waals surface area contributed by atoms with Crippen LogP contribution in [0.25, 0.3) is 0 Å². The Kier molecular flexibility index (Phi) is 5.15. The van der Waals surface area contributed by atoms with Crippen molar-refractivity contribution in [2.75, 3.05) is 0 Å². The van der Waals surface area contributed by atoms with Gasteiger partial charge >= 0.3 is 0 Å². The molecule has 0 saturated heterocycles. The summed E-state index contributed by atoms with van der Waals surface area (Å²) in [6.45, 7) is 4.09. The van der Waals surface area contributed by atoms with Crippen molar-refractivity contribution in [2.24, 2.45) is 5.73 Å². The van der Waals surface area contributed by atoms with Crippen LogP contribution < -0.4 is 5.73 Å². The highest BCUT2D eigenvalue weighted by molar-refractivity contribution is 8.18. The van der Waals surface area contributed by atoms with Crippen LogP contribution in [0.5, 0.6) is 0 Å². The summed E-state index contributed by atoms with van der Waals surface area (Å²) in [6, 6.07) is 16.2. The van der Waals surface area contributed by atoms with Crippen molar-refractivity contribution in [1.82, 2.24) is 0 Å². The Hall–Kier alpha value is -1.39. The van der Waals surface area contributed by atoms with E-state index in [1.165, 1.54) is 34.7 Å². The molecule has 0 unspecified atom stereocenters. The third-order valence-corrected chi connectivity index (χ3v) is 5.32. The van der Waals surface area contributed by atoms with E-state index in [-0.39, 0.29) is 10.5 Å². The predicted octanol–water partition coefficient (Wildman–Crippen LogP) is 4.00. The molecule has 0 fully saturated rings. The highest BCUT2D eigenvalue weighted by Crippen LogP contribution is 2.35. The second kappa shape index (κ2) is 6.86. The summed E-state index contributed by atoms with van der Waals surface area (Å²) in [4.78, 5) is 13.7. The maximum absolute atomic E-state index is 11.6. The average Bonchev–Trinajstić information content (AvgIpc) is 2.42. The number of hydrogen-bond donors (Lipinski definition) is 1. The highest BCUT2D eigenvalue weighted by Gasteiger charge is 2.18. The highest BCUT2D eigenvalue weighted by atomic mass is 32.2. The molecule has 2 aromatic rings. The molecule has 0 spiro atoms. The monoisotopic (exact) mass is 303 g/mol. The first kappa shape index (κ1) is 15.0. The van der Waals surface area contributed by atoms with Gasteiger partial charge in [-0.05, 0) is 38.1 Å². The molecular formula is C16H17NOS2. The predicted molar refractivity (Wildman–Crippen MR) is 87.1 cm³/mol. The Morgan fingerprint density at radius 2 is 1.20 bits per heavy atom. The molecule has 20 heavy (non-hydrogen) atoms. The van der Waals surface area contributed by atoms with E-state index in [2.05, 4.69) is 0 Å². The van der Waals surface area contributed by atoms with Crippen molar-refractivity contribution in [2.45, 2.75) is 28.2 Å². The topological polar surface area (TPSA) is 43.1 Å². The molecular weight excluding hydrogens is 286 g/mol. The summed E-state index contributed by atoms with van der Waals surface area (Å²) in [5.74, 6) is -0.304. The van der Waals surface area contributed by atoms with Gasteiger partial charge in [-0.2, -0.15) is 0 Å². The van der Waals surface area contributed by atoms with E-state index in [1.54, 1.807) is 0 Å². The van der Waals surface area contributed by atoms with Crippen LogP contribution in [-0.2, 0) is 4.79 Å². The van der Waals surface area contributed by atoms with Gasteiger partial charge in [0.05, 0.1) is 0 Å². The molecule has 4 heteroatoms. The summed E-state index contributed by atoms with van der Waals surface area (Å²) in [5.41, 5.74) is 7.92. The number of thioether (sulfide) groups is 2. The minimum absolute atomic E-state index is 0.304. The fourth-order valence-electron chi connectivity index (χ4n) is 1.62. The Balaban J connectivity index is 2.09. The van der Waals surface area contributed by atoms with Crippen LogP contribution in [0, 0.1) is 13.8 Å². The van der Waals surface area contributed by atoms with E-state index >= 15 is 0 Å². The van der Waals surface area contributed by atoms with E-state index in [9.17, 15) is 4.79 Å². The molecule has 104 valence electrons. The largest absolute Gasteiger partial charge is 0.368 e. The minimum atomic E-state index is -0.319. The maximum atomic E-state index is 11.6. The van der Waals surface area contributed by atoms with Gasteiger partial charge in [0, 0.05) is 9.79 Å². The summed E-state index contributed by atoms with van der Waals surface area (Å²) in [7, 11) is 0. The molecule has 0 radical (unpaired) electrons. The lowest BCUT2D eigenvalue weighted by atomic mass is 10.2. The van der Waals surface area contributed by atoms with Crippen LogP contribution in [0.15, 0.2) is 58.3 Å². The van der Waals surface area contributed by atoms with Gasteiger partial charge in [0.2, 0.25) is 5.91 Å². The molecule has 2 aromatic carbocycles. The Labute approximate surface area is 128 Å². The van der Waals surface area contributed by atoms with Gasteiger partial charge in [0.15, 0.2) is 0 Å². The molecule has 1 amide bonds. The summed E-state index contributed by atoms with van der Waals surface area (Å²) >= 11 is 2.99. The van der Waals surface area contributed by atoms with Crippen molar-refractivity contribution in [3.8, 4) is 0 Å². The zero-order valence-electron chi connectivity index (χ0n) is 11.5. The van der Waals surface area contributed by atoms with Gasteiger partial charge in [0.25, 0.3) is 0 Å². The Morgan fingerprint density at radius 3 is 1.50 bits per heavy atom. The Morgan fingerprint density at radius 1 is 0.850 bits per heavy atom. The second-order valence-corrected chi connectivity index (χ2v) is 7.25. The number of nitrogens with two attached hydrogens (primary N) is 1. The first-order valence-electron chi connectivity index (χ1n) is 6.30. The first-order chi connectivity index (χ1) is 9.54. The molecule has 0 aromatic heterocycles. The molecule has 0 aliphatic rings. The van der Waals surface area contributed by atoms with Crippen molar-refractivity contribution >= 4 is 29.4 Å². The van der Waals surface area contributed by atoms with E-state index in [1.807, 2.05) is 62.4 Å². The molecule has 0 aliphatic carbocycles. The van der Waals surface area contributed by atoms with Gasteiger partial charge in [-0.3, -0.25) is 4.79 Å². The summed E-state index contributed by atoms with van der Waals surface area (Å²) < 4.78 is -0.319. The smallest absolute Gasteiger partial charge is 0.241 e. The lowest BCUT2D eigenvalue weighted by molar-refractivity contribution is -0.116. The summed E-state index contributed by atoms with van der Waals surface area (Å²) in [5, 5.41) is 0. The Bertz CT molecular complexity index is 531. The second-order valence-electron chi connectivity index (χ2n) is 4.60. The minimum Gasteiger partial charge on any atom is -0.368 e. The zero-order valence-corrected chi connectivity index (χ0v) is 13.1.